The summed E-state index contributed by atoms with van der Waals surface area (Å²) in [6.07, 6.45) is 0.398. The molecule has 0 aliphatic carbocycles. The highest BCUT2D eigenvalue weighted by Gasteiger charge is 2.10. The van der Waals surface area contributed by atoms with Crippen LogP contribution in [0, 0.1) is 5.82 Å². The highest BCUT2D eigenvalue weighted by Crippen LogP contribution is 2.27. The average molecular weight is 185 g/mol. The van der Waals surface area contributed by atoms with Crippen LogP contribution in [-0.4, -0.2) is 18.8 Å². The van der Waals surface area contributed by atoms with E-state index in [4.69, 9.17) is 15.6 Å². The van der Waals surface area contributed by atoms with Gasteiger partial charge in [0.1, 0.15) is 17.3 Å². The van der Waals surface area contributed by atoms with Gasteiger partial charge >= 0.3 is 0 Å². The number of phenolic OH excluding ortho intramolecular Hbond substituents is 1. The van der Waals surface area contributed by atoms with Gasteiger partial charge in [0.15, 0.2) is 0 Å². The third-order valence-corrected chi connectivity index (χ3v) is 1.75. The number of hydrogen-bond donors (Lipinski definition) is 2. The molecule has 0 saturated heterocycles. The Hall–Kier alpha value is -1.29. The first-order valence-corrected chi connectivity index (χ1v) is 3.94. The first kappa shape index (κ1) is 9.80. The van der Waals surface area contributed by atoms with E-state index >= 15 is 0 Å². The molecule has 1 rings (SSSR count). The van der Waals surface area contributed by atoms with E-state index in [9.17, 15) is 4.39 Å². The molecule has 0 fully saturated rings. The van der Waals surface area contributed by atoms with Gasteiger partial charge in [0.25, 0.3) is 0 Å². The summed E-state index contributed by atoms with van der Waals surface area (Å²) in [7, 11) is 1.42. The molecule has 0 saturated carbocycles. The Morgan fingerprint density at radius 3 is 2.77 bits per heavy atom. The Balaban J connectivity index is 3.13. The van der Waals surface area contributed by atoms with Crippen LogP contribution in [0.1, 0.15) is 5.56 Å². The molecule has 0 radical (unpaired) electrons. The predicted molar refractivity (Wildman–Crippen MR) is 47.4 cm³/mol. The predicted octanol–water partition coefficient (Wildman–Crippen LogP) is 1.04. The van der Waals surface area contributed by atoms with E-state index in [-0.39, 0.29) is 5.75 Å². The fraction of sp³-hybridized carbons (Fsp3) is 0.333. The van der Waals surface area contributed by atoms with Crippen LogP contribution in [0.2, 0.25) is 0 Å². The second kappa shape index (κ2) is 4.09. The Labute approximate surface area is 75.9 Å². The van der Waals surface area contributed by atoms with Crippen molar-refractivity contribution in [2.45, 2.75) is 6.42 Å². The summed E-state index contributed by atoms with van der Waals surface area (Å²) in [4.78, 5) is 0. The van der Waals surface area contributed by atoms with Gasteiger partial charge in [-0.05, 0) is 13.0 Å². The molecule has 0 atom stereocenters. The molecule has 0 aliphatic rings. The van der Waals surface area contributed by atoms with Crippen molar-refractivity contribution in [3.63, 3.8) is 0 Å². The number of ether oxygens (including phenoxy) is 1. The molecule has 0 amide bonds. The van der Waals surface area contributed by atoms with Crippen LogP contribution in [0.4, 0.5) is 4.39 Å². The highest BCUT2D eigenvalue weighted by atomic mass is 19.1. The van der Waals surface area contributed by atoms with Gasteiger partial charge in [0.05, 0.1) is 7.11 Å². The number of phenols is 1. The molecule has 0 unspecified atom stereocenters. The minimum atomic E-state index is -0.484. The smallest absolute Gasteiger partial charge is 0.133 e. The first-order chi connectivity index (χ1) is 6.19. The van der Waals surface area contributed by atoms with Gasteiger partial charge in [0, 0.05) is 17.7 Å². The average Bonchev–Trinajstić information content (AvgIpc) is 2.09. The zero-order valence-electron chi connectivity index (χ0n) is 7.38. The van der Waals surface area contributed by atoms with Crippen molar-refractivity contribution < 1.29 is 14.2 Å². The molecular weight excluding hydrogens is 173 g/mol. The summed E-state index contributed by atoms with van der Waals surface area (Å²) in [5.41, 5.74) is 5.71. The van der Waals surface area contributed by atoms with Crippen molar-refractivity contribution in [2.75, 3.05) is 13.7 Å². The molecule has 1 aromatic rings. The molecule has 0 aromatic heterocycles. The van der Waals surface area contributed by atoms with Crippen molar-refractivity contribution in [2.24, 2.45) is 5.73 Å². The molecular formula is C9H12FNO2. The summed E-state index contributed by atoms with van der Waals surface area (Å²) >= 11 is 0. The lowest BCUT2D eigenvalue weighted by molar-refractivity contribution is 0.395. The van der Waals surface area contributed by atoms with Crippen LogP contribution in [-0.2, 0) is 6.42 Å². The van der Waals surface area contributed by atoms with E-state index in [0.29, 0.717) is 24.3 Å². The van der Waals surface area contributed by atoms with E-state index in [2.05, 4.69) is 0 Å². The zero-order chi connectivity index (χ0) is 9.84. The normalized spacial score (nSPS) is 10.1. The molecule has 13 heavy (non-hydrogen) atoms. The van der Waals surface area contributed by atoms with Crippen LogP contribution in [0.15, 0.2) is 12.1 Å². The van der Waals surface area contributed by atoms with Crippen molar-refractivity contribution in [1.82, 2.24) is 0 Å². The van der Waals surface area contributed by atoms with Gasteiger partial charge in [-0.3, -0.25) is 0 Å². The van der Waals surface area contributed by atoms with Crippen LogP contribution in [0.3, 0.4) is 0 Å². The van der Waals surface area contributed by atoms with E-state index in [1.165, 1.54) is 13.2 Å². The molecule has 4 heteroatoms. The number of aromatic hydroxyl groups is 1. The van der Waals surface area contributed by atoms with Gasteiger partial charge in [-0.15, -0.1) is 0 Å². The standard InChI is InChI=1S/C9H12FNO2/c1-13-9-5-6(12)4-8(10)7(9)2-3-11/h4-5,12H,2-3,11H2,1H3. The zero-order valence-corrected chi connectivity index (χ0v) is 7.38. The van der Waals surface area contributed by atoms with Crippen molar-refractivity contribution in [3.05, 3.63) is 23.5 Å². The third-order valence-electron chi connectivity index (χ3n) is 1.75. The lowest BCUT2D eigenvalue weighted by atomic mass is 10.1. The van der Waals surface area contributed by atoms with E-state index in [1.807, 2.05) is 0 Å². The van der Waals surface area contributed by atoms with Crippen molar-refractivity contribution in [3.8, 4) is 11.5 Å². The topological polar surface area (TPSA) is 55.5 Å². The number of benzene rings is 1. The van der Waals surface area contributed by atoms with Gasteiger partial charge in [-0.2, -0.15) is 0 Å². The van der Waals surface area contributed by atoms with Gasteiger partial charge in [-0.25, -0.2) is 4.39 Å². The largest absolute Gasteiger partial charge is 0.508 e. The molecule has 3 nitrogen and oxygen atoms in total. The first-order valence-electron chi connectivity index (χ1n) is 3.94. The quantitative estimate of drug-likeness (QED) is 0.739. The maximum atomic E-state index is 13.2. The van der Waals surface area contributed by atoms with E-state index < -0.39 is 5.82 Å². The molecule has 72 valence electrons. The Bertz CT molecular complexity index is 302. The van der Waals surface area contributed by atoms with Crippen molar-refractivity contribution >= 4 is 0 Å². The Kier molecular flexibility index (Phi) is 3.08. The molecule has 0 heterocycles. The summed E-state index contributed by atoms with van der Waals surface area (Å²) in [5.74, 6) is -0.291. The minimum Gasteiger partial charge on any atom is -0.508 e. The van der Waals surface area contributed by atoms with Gasteiger partial charge < -0.3 is 15.6 Å². The van der Waals surface area contributed by atoms with E-state index in [1.54, 1.807) is 0 Å². The third kappa shape index (κ3) is 2.09. The molecule has 3 N–H and O–H groups in total. The fourth-order valence-electron chi connectivity index (χ4n) is 1.17. The molecule has 0 bridgehead atoms. The summed E-state index contributed by atoms with van der Waals surface area (Å²) in [5, 5.41) is 9.07. The summed E-state index contributed by atoms with van der Waals surface area (Å²) in [6, 6.07) is 2.42. The minimum absolute atomic E-state index is 0.143. The van der Waals surface area contributed by atoms with Crippen LogP contribution < -0.4 is 10.5 Å². The van der Waals surface area contributed by atoms with Crippen LogP contribution in [0.5, 0.6) is 11.5 Å². The van der Waals surface area contributed by atoms with Gasteiger partial charge in [-0.1, -0.05) is 0 Å². The lowest BCUT2D eigenvalue weighted by Gasteiger charge is -2.08. The SMILES string of the molecule is COc1cc(O)cc(F)c1CCN. The maximum Gasteiger partial charge on any atom is 0.133 e. The summed E-state index contributed by atoms with van der Waals surface area (Å²) < 4.78 is 18.1. The maximum absolute atomic E-state index is 13.2. The number of methoxy groups -OCH3 is 1. The number of hydrogen-bond acceptors (Lipinski definition) is 3. The highest BCUT2D eigenvalue weighted by molar-refractivity contribution is 5.41. The number of nitrogens with two attached hydrogens (primary N) is 1. The van der Waals surface area contributed by atoms with Crippen LogP contribution >= 0.6 is 0 Å². The Morgan fingerprint density at radius 2 is 2.23 bits per heavy atom. The second-order valence-corrected chi connectivity index (χ2v) is 2.65. The summed E-state index contributed by atoms with van der Waals surface area (Å²) in [6.45, 7) is 0.345. The second-order valence-electron chi connectivity index (χ2n) is 2.65. The number of rotatable bonds is 3. The molecule has 0 spiro atoms. The lowest BCUT2D eigenvalue weighted by Crippen LogP contribution is -2.06. The van der Waals surface area contributed by atoms with Crippen molar-refractivity contribution in [1.29, 1.82) is 0 Å². The number of halogens is 1. The van der Waals surface area contributed by atoms with Crippen LogP contribution in [0.25, 0.3) is 0 Å². The fourth-order valence-corrected chi connectivity index (χ4v) is 1.17. The van der Waals surface area contributed by atoms with E-state index in [0.717, 1.165) is 6.07 Å². The monoisotopic (exact) mass is 185 g/mol. The molecule has 1 aromatic carbocycles. The Morgan fingerprint density at radius 1 is 1.54 bits per heavy atom. The van der Waals surface area contributed by atoms with Gasteiger partial charge in [0.2, 0.25) is 0 Å². The molecule has 0 aliphatic heterocycles.